The summed E-state index contributed by atoms with van der Waals surface area (Å²) in [6, 6.07) is 29.3. The summed E-state index contributed by atoms with van der Waals surface area (Å²) in [7, 11) is 1.08. The Kier molecular flexibility index (Phi) is 16.3. The third-order valence-corrected chi connectivity index (χ3v) is 3.10. The molecule has 4 rings (SSSR count). The molecule has 0 amide bonds. The minimum absolute atomic E-state index is 0. The minimum Gasteiger partial charge on any atom is -1.00 e. The van der Waals surface area contributed by atoms with Gasteiger partial charge in [-0.3, -0.25) is 0 Å². The fourth-order valence-electron chi connectivity index (χ4n) is 2.14. The Labute approximate surface area is 192 Å². The molecule has 122 valence electrons. The molecule has 4 heteroatoms. The molecule has 24 heavy (non-hydrogen) atoms. The summed E-state index contributed by atoms with van der Waals surface area (Å²) in [6.45, 7) is 4.31. The predicted octanol–water partition coefficient (Wildman–Crippen LogP) is -0.0878. The summed E-state index contributed by atoms with van der Waals surface area (Å²) in [5.41, 5.74) is 0. The van der Waals surface area contributed by atoms with Crippen molar-refractivity contribution in [3.63, 3.8) is 0 Å². The molecule has 0 aromatic heterocycles. The van der Waals surface area contributed by atoms with Crippen LogP contribution in [0.4, 0.5) is 0 Å². The van der Waals surface area contributed by atoms with Gasteiger partial charge in [0.15, 0.2) is 0 Å². The van der Waals surface area contributed by atoms with Crippen molar-refractivity contribution < 1.29 is 64.8 Å². The summed E-state index contributed by atoms with van der Waals surface area (Å²) in [6.07, 6.45) is 0. The molecule has 0 aliphatic heterocycles. The maximum absolute atomic E-state index is 2.15. The van der Waals surface area contributed by atoms with Crippen LogP contribution in [0.1, 0.15) is 0 Å². The molecule has 0 unspecified atom stereocenters. The predicted molar refractivity (Wildman–Crippen MR) is 96.6 cm³/mol. The molecule has 0 nitrogen and oxygen atoms in total. The van der Waals surface area contributed by atoms with E-state index in [2.05, 4.69) is 98.0 Å². The van der Waals surface area contributed by atoms with Gasteiger partial charge in [-0.15, -0.1) is 59.3 Å². The fraction of sp³-hybridized carbons (Fsp3) is 0.100. The Bertz CT molecular complexity index is 651. The van der Waals surface area contributed by atoms with Gasteiger partial charge in [-0.2, -0.15) is 35.0 Å². The van der Waals surface area contributed by atoms with Crippen LogP contribution in [-0.2, 0) is 0 Å². The van der Waals surface area contributed by atoms with Crippen LogP contribution in [0.2, 0.25) is 13.1 Å². The van der Waals surface area contributed by atoms with Crippen LogP contribution in [0.3, 0.4) is 0 Å². The molecule has 4 aromatic rings. The van der Waals surface area contributed by atoms with Crippen molar-refractivity contribution >= 4 is 31.1 Å². The Morgan fingerprint density at radius 3 is 1.29 bits per heavy atom. The standard InChI is InChI=1S/2C9H7.C2H6Si.2ClH.Th/c2*1-2-5-9-7-3-6-8(9)4-1;1-3-2;;;/h2*1-7H;1-2H3;2*1H;/q2*-1;;;;+4/p-2. The first-order chi connectivity index (χ1) is 10.3. The van der Waals surface area contributed by atoms with Gasteiger partial charge in [0, 0.05) is 9.52 Å². The van der Waals surface area contributed by atoms with E-state index in [1.54, 1.807) is 0 Å². The zero-order chi connectivity index (χ0) is 14.9. The van der Waals surface area contributed by atoms with Gasteiger partial charge < -0.3 is 24.8 Å². The number of fused-ring (bicyclic) bond motifs is 2. The van der Waals surface area contributed by atoms with Crippen LogP contribution >= 0.6 is 0 Å². The van der Waals surface area contributed by atoms with Crippen LogP contribution in [0.15, 0.2) is 84.9 Å². The van der Waals surface area contributed by atoms with Crippen molar-refractivity contribution in [2.45, 2.75) is 13.1 Å². The molecule has 0 saturated heterocycles. The van der Waals surface area contributed by atoms with E-state index in [0.717, 1.165) is 9.52 Å². The Morgan fingerprint density at radius 1 is 0.625 bits per heavy atom. The van der Waals surface area contributed by atoms with E-state index in [1.807, 2.05) is 0 Å². The molecule has 0 spiro atoms. The zero-order valence-corrected chi connectivity index (χ0v) is 20.5. The van der Waals surface area contributed by atoms with Crippen molar-refractivity contribution in [2.75, 3.05) is 0 Å². The second-order valence-electron chi connectivity index (χ2n) is 4.81. The molecular weight excluding hydrogens is 571 g/mol. The quantitative estimate of drug-likeness (QED) is 0.198. The van der Waals surface area contributed by atoms with Gasteiger partial charge in [-0.1, -0.05) is 25.2 Å². The first-order valence-electron chi connectivity index (χ1n) is 7.14. The van der Waals surface area contributed by atoms with Gasteiger partial charge in [-0.05, 0) is 0 Å². The third kappa shape index (κ3) is 8.24. The largest absolute Gasteiger partial charge is 4.00 e. The molecule has 0 heterocycles. The molecule has 0 atom stereocenters. The Balaban J connectivity index is 0. The SMILES string of the molecule is C[Si]C.[Cl-].[Cl-].[Th+4].c1ccc2[cH-]ccc2c1.c1ccc2[cH-]ccc2c1. The normalized spacial score (nSPS) is 8.42. The van der Waals surface area contributed by atoms with Crippen molar-refractivity contribution in [1.82, 2.24) is 0 Å². The number of hydrogen-bond donors (Lipinski definition) is 0. The zero-order valence-electron chi connectivity index (χ0n) is 13.8. The van der Waals surface area contributed by atoms with Crippen LogP contribution < -0.4 is 24.8 Å². The summed E-state index contributed by atoms with van der Waals surface area (Å²) in [5, 5.41) is 5.32. The van der Waals surface area contributed by atoms with Crippen LogP contribution in [0.25, 0.3) is 21.5 Å². The van der Waals surface area contributed by atoms with Gasteiger partial charge >= 0.3 is 39.9 Å². The molecule has 4 aromatic carbocycles. The first-order valence-corrected chi connectivity index (χ1v) is 9.14. The Morgan fingerprint density at radius 2 is 0.958 bits per heavy atom. The number of hydrogen-bond acceptors (Lipinski definition) is 0. The van der Waals surface area contributed by atoms with Crippen LogP contribution in [0.5, 0.6) is 0 Å². The number of benzene rings is 2. The molecule has 0 aliphatic carbocycles. The van der Waals surface area contributed by atoms with E-state index in [0.29, 0.717) is 0 Å². The van der Waals surface area contributed by atoms with E-state index >= 15 is 0 Å². The van der Waals surface area contributed by atoms with Crippen LogP contribution in [0, 0.1) is 39.9 Å². The summed E-state index contributed by atoms with van der Waals surface area (Å²) >= 11 is 0. The van der Waals surface area contributed by atoms with E-state index in [1.165, 1.54) is 21.5 Å². The summed E-state index contributed by atoms with van der Waals surface area (Å²) in [4.78, 5) is 0. The van der Waals surface area contributed by atoms with E-state index in [4.69, 9.17) is 0 Å². The molecule has 0 bridgehead atoms. The first kappa shape index (κ1) is 26.0. The van der Waals surface area contributed by atoms with E-state index in [9.17, 15) is 0 Å². The van der Waals surface area contributed by atoms with Crippen LogP contribution in [-0.4, -0.2) is 9.52 Å². The van der Waals surface area contributed by atoms with Gasteiger partial charge in [-0.25, -0.2) is 0 Å². The van der Waals surface area contributed by atoms with Crippen molar-refractivity contribution in [1.29, 1.82) is 0 Å². The van der Waals surface area contributed by atoms with Gasteiger partial charge in [0.1, 0.15) is 0 Å². The molecule has 2 radical (unpaired) electrons. The van der Waals surface area contributed by atoms with Gasteiger partial charge in [0.05, 0.1) is 0 Å². The monoisotopic (exact) mass is 590 g/mol. The smallest absolute Gasteiger partial charge is 1.00 e. The second-order valence-corrected chi connectivity index (χ2v) is 5.81. The topological polar surface area (TPSA) is 0 Å². The average Bonchev–Trinajstić information content (AvgIpc) is 3.17. The minimum atomic E-state index is 0. The second kappa shape index (κ2) is 15.1. The van der Waals surface area contributed by atoms with Gasteiger partial charge in [0.2, 0.25) is 0 Å². The third-order valence-electron chi connectivity index (χ3n) is 3.10. The summed E-state index contributed by atoms with van der Waals surface area (Å²) < 4.78 is 0. The van der Waals surface area contributed by atoms with E-state index in [-0.39, 0.29) is 64.8 Å². The van der Waals surface area contributed by atoms with Crippen molar-refractivity contribution in [2.24, 2.45) is 0 Å². The average molecular weight is 591 g/mol. The van der Waals surface area contributed by atoms with Gasteiger partial charge in [0.25, 0.3) is 0 Å². The molecular formula is C20H20Cl2SiTh. The maximum atomic E-state index is 2.15. The fourth-order valence-corrected chi connectivity index (χ4v) is 2.14. The molecule has 0 N–H and O–H groups in total. The Hall–Kier alpha value is -0.218. The van der Waals surface area contributed by atoms with Crippen molar-refractivity contribution in [3.8, 4) is 0 Å². The van der Waals surface area contributed by atoms with E-state index < -0.39 is 0 Å². The molecule has 0 fully saturated rings. The maximum Gasteiger partial charge on any atom is 4.00 e. The number of rotatable bonds is 0. The molecule has 0 saturated carbocycles. The molecule has 0 aliphatic rings. The van der Waals surface area contributed by atoms with Crippen molar-refractivity contribution in [3.05, 3.63) is 84.9 Å². The number of halogens is 2. The summed E-state index contributed by atoms with van der Waals surface area (Å²) in [5.74, 6) is 0.